The fourth-order valence-electron chi connectivity index (χ4n) is 2.33. The van der Waals surface area contributed by atoms with E-state index in [2.05, 4.69) is 5.32 Å². The molecule has 1 N–H and O–H groups in total. The molecule has 5 heteroatoms. The molecule has 122 valence electrons. The highest BCUT2D eigenvalue weighted by Crippen LogP contribution is 2.25. The lowest BCUT2D eigenvalue weighted by Crippen LogP contribution is -2.20. The van der Waals surface area contributed by atoms with E-state index >= 15 is 0 Å². The molecule has 0 saturated heterocycles. The molecule has 0 unspecified atom stereocenters. The molecule has 0 heterocycles. The Morgan fingerprint density at radius 3 is 2.50 bits per heavy atom. The van der Waals surface area contributed by atoms with Crippen LogP contribution in [-0.2, 0) is 4.79 Å². The second-order valence-electron chi connectivity index (χ2n) is 5.22. The molecule has 0 fully saturated rings. The molecule has 0 aromatic heterocycles. The summed E-state index contributed by atoms with van der Waals surface area (Å²) < 4.78 is 10.8. The summed E-state index contributed by atoms with van der Waals surface area (Å²) in [5.41, 5.74) is 0.638. The van der Waals surface area contributed by atoms with Gasteiger partial charge in [-0.05, 0) is 53.2 Å². The number of anilines is 1. The van der Waals surface area contributed by atoms with E-state index in [9.17, 15) is 4.79 Å². The molecule has 3 aromatic carbocycles. The fourth-order valence-corrected chi connectivity index (χ4v) is 2.52. The quantitative estimate of drug-likeness (QED) is 0.742. The van der Waals surface area contributed by atoms with E-state index in [1.807, 2.05) is 36.4 Å². The van der Waals surface area contributed by atoms with E-state index in [4.69, 9.17) is 21.1 Å². The zero-order valence-corrected chi connectivity index (χ0v) is 13.8. The Labute approximate surface area is 145 Å². The average molecular weight is 342 g/mol. The SMILES string of the molecule is COc1ccc2ccc(OCC(=O)Nc3cccc(Cl)c3)cc2c1. The Balaban J connectivity index is 1.65. The summed E-state index contributed by atoms with van der Waals surface area (Å²) in [7, 11) is 1.63. The van der Waals surface area contributed by atoms with Crippen LogP contribution in [0.3, 0.4) is 0 Å². The molecule has 3 rings (SSSR count). The standard InChI is InChI=1S/C19H16ClNO3/c1-23-17-7-5-13-6-8-18(10-14(13)9-17)24-12-19(22)21-16-4-2-3-15(20)11-16/h2-11H,12H2,1H3,(H,21,22). The van der Waals surface area contributed by atoms with Crippen LogP contribution in [0.2, 0.25) is 5.02 Å². The fraction of sp³-hybridized carbons (Fsp3) is 0.105. The second-order valence-corrected chi connectivity index (χ2v) is 5.66. The first-order valence-electron chi connectivity index (χ1n) is 7.40. The predicted molar refractivity (Wildman–Crippen MR) is 96.1 cm³/mol. The molecule has 0 spiro atoms. The van der Waals surface area contributed by atoms with E-state index < -0.39 is 0 Å². The molecule has 0 bridgehead atoms. The van der Waals surface area contributed by atoms with Gasteiger partial charge in [0.05, 0.1) is 7.11 Å². The molecule has 0 aliphatic heterocycles. The van der Waals surface area contributed by atoms with Crippen molar-refractivity contribution in [2.24, 2.45) is 0 Å². The van der Waals surface area contributed by atoms with E-state index in [1.165, 1.54) is 0 Å². The van der Waals surface area contributed by atoms with Crippen molar-refractivity contribution in [2.75, 3.05) is 19.0 Å². The molecular weight excluding hydrogens is 326 g/mol. The highest BCUT2D eigenvalue weighted by Gasteiger charge is 2.05. The zero-order valence-electron chi connectivity index (χ0n) is 13.1. The lowest BCUT2D eigenvalue weighted by Gasteiger charge is -2.09. The molecule has 0 saturated carbocycles. The van der Waals surface area contributed by atoms with Gasteiger partial charge in [-0.15, -0.1) is 0 Å². The van der Waals surface area contributed by atoms with Gasteiger partial charge in [0.2, 0.25) is 0 Å². The number of rotatable bonds is 5. The normalized spacial score (nSPS) is 10.4. The van der Waals surface area contributed by atoms with Gasteiger partial charge >= 0.3 is 0 Å². The maximum Gasteiger partial charge on any atom is 0.262 e. The minimum Gasteiger partial charge on any atom is -0.497 e. The number of ether oxygens (including phenoxy) is 2. The number of hydrogen-bond donors (Lipinski definition) is 1. The van der Waals surface area contributed by atoms with Gasteiger partial charge in [0, 0.05) is 10.7 Å². The first kappa shape index (κ1) is 16.1. The molecule has 3 aromatic rings. The topological polar surface area (TPSA) is 47.6 Å². The Bertz CT molecular complexity index is 879. The van der Waals surface area contributed by atoms with Gasteiger partial charge in [-0.25, -0.2) is 0 Å². The first-order valence-corrected chi connectivity index (χ1v) is 7.78. The van der Waals surface area contributed by atoms with Crippen LogP contribution in [-0.4, -0.2) is 19.6 Å². The van der Waals surface area contributed by atoms with Gasteiger partial charge in [0.15, 0.2) is 6.61 Å². The van der Waals surface area contributed by atoms with Gasteiger partial charge in [-0.1, -0.05) is 29.8 Å². The number of carbonyl (C=O) groups excluding carboxylic acids is 1. The Morgan fingerprint density at radius 2 is 1.75 bits per heavy atom. The van der Waals surface area contributed by atoms with Crippen LogP contribution < -0.4 is 14.8 Å². The van der Waals surface area contributed by atoms with Crippen molar-refractivity contribution in [1.29, 1.82) is 0 Å². The predicted octanol–water partition coefficient (Wildman–Crippen LogP) is 4.52. The van der Waals surface area contributed by atoms with Crippen LogP contribution in [0.25, 0.3) is 10.8 Å². The Kier molecular flexibility index (Phi) is 4.87. The number of carbonyl (C=O) groups is 1. The lowest BCUT2D eigenvalue weighted by molar-refractivity contribution is -0.118. The average Bonchev–Trinajstić information content (AvgIpc) is 2.59. The van der Waals surface area contributed by atoms with Crippen molar-refractivity contribution >= 4 is 34.0 Å². The summed E-state index contributed by atoms with van der Waals surface area (Å²) in [6.07, 6.45) is 0. The summed E-state index contributed by atoms with van der Waals surface area (Å²) in [6, 6.07) is 18.4. The summed E-state index contributed by atoms with van der Waals surface area (Å²) >= 11 is 5.89. The number of benzene rings is 3. The molecule has 1 amide bonds. The lowest BCUT2D eigenvalue weighted by atomic mass is 10.1. The van der Waals surface area contributed by atoms with Crippen LogP contribution in [0.1, 0.15) is 0 Å². The van der Waals surface area contributed by atoms with Crippen molar-refractivity contribution in [2.45, 2.75) is 0 Å². The maximum atomic E-state index is 12.0. The maximum absolute atomic E-state index is 12.0. The molecule has 24 heavy (non-hydrogen) atoms. The summed E-state index contributed by atoms with van der Waals surface area (Å²) in [5, 5.41) is 5.37. The molecule has 0 radical (unpaired) electrons. The number of hydrogen-bond acceptors (Lipinski definition) is 3. The minimum absolute atomic E-state index is 0.0814. The van der Waals surface area contributed by atoms with Gasteiger partial charge in [-0.2, -0.15) is 0 Å². The number of nitrogens with one attached hydrogen (secondary N) is 1. The van der Waals surface area contributed by atoms with Crippen LogP contribution in [0.15, 0.2) is 60.7 Å². The van der Waals surface area contributed by atoms with Crippen molar-refractivity contribution in [3.63, 3.8) is 0 Å². The van der Waals surface area contributed by atoms with E-state index in [1.54, 1.807) is 31.4 Å². The Morgan fingerprint density at radius 1 is 1.00 bits per heavy atom. The van der Waals surface area contributed by atoms with Crippen LogP contribution in [0, 0.1) is 0 Å². The summed E-state index contributed by atoms with van der Waals surface area (Å²) in [5.74, 6) is 1.15. The molecule has 0 atom stereocenters. The van der Waals surface area contributed by atoms with Crippen LogP contribution >= 0.6 is 11.6 Å². The first-order chi connectivity index (χ1) is 11.6. The van der Waals surface area contributed by atoms with Crippen molar-refractivity contribution in [3.8, 4) is 11.5 Å². The number of halogens is 1. The Hall–Kier alpha value is -2.72. The largest absolute Gasteiger partial charge is 0.497 e. The number of fused-ring (bicyclic) bond motifs is 1. The van der Waals surface area contributed by atoms with Gasteiger partial charge in [0.25, 0.3) is 5.91 Å². The van der Waals surface area contributed by atoms with Crippen molar-refractivity contribution < 1.29 is 14.3 Å². The summed E-state index contributed by atoms with van der Waals surface area (Å²) in [6.45, 7) is -0.0814. The van der Waals surface area contributed by atoms with Crippen molar-refractivity contribution in [3.05, 3.63) is 65.7 Å². The van der Waals surface area contributed by atoms with E-state index in [-0.39, 0.29) is 12.5 Å². The van der Waals surface area contributed by atoms with E-state index in [0.29, 0.717) is 16.5 Å². The highest BCUT2D eigenvalue weighted by molar-refractivity contribution is 6.30. The third kappa shape index (κ3) is 3.97. The minimum atomic E-state index is -0.247. The molecular formula is C19H16ClNO3. The monoisotopic (exact) mass is 341 g/mol. The number of methoxy groups -OCH3 is 1. The van der Waals surface area contributed by atoms with Gasteiger partial charge in [-0.3, -0.25) is 4.79 Å². The van der Waals surface area contributed by atoms with Crippen LogP contribution in [0.5, 0.6) is 11.5 Å². The van der Waals surface area contributed by atoms with Crippen LogP contribution in [0.4, 0.5) is 5.69 Å². The van der Waals surface area contributed by atoms with Gasteiger partial charge in [0.1, 0.15) is 11.5 Å². The summed E-state index contributed by atoms with van der Waals surface area (Å²) in [4.78, 5) is 12.0. The molecule has 4 nitrogen and oxygen atoms in total. The smallest absolute Gasteiger partial charge is 0.262 e. The molecule has 0 aliphatic carbocycles. The third-order valence-corrected chi connectivity index (χ3v) is 3.73. The third-order valence-electron chi connectivity index (χ3n) is 3.50. The van der Waals surface area contributed by atoms with Gasteiger partial charge < -0.3 is 14.8 Å². The molecule has 0 aliphatic rings. The van der Waals surface area contributed by atoms with Crippen molar-refractivity contribution in [1.82, 2.24) is 0 Å². The van der Waals surface area contributed by atoms with E-state index in [0.717, 1.165) is 16.5 Å². The second kappa shape index (κ2) is 7.23. The zero-order chi connectivity index (χ0) is 16.9. The highest BCUT2D eigenvalue weighted by atomic mass is 35.5. The number of amides is 1.